The highest BCUT2D eigenvalue weighted by atomic mass is 32.2. The molecule has 53 heavy (non-hydrogen) atoms. The van der Waals surface area contributed by atoms with Crippen molar-refractivity contribution in [2.24, 2.45) is 0 Å². The third-order valence-corrected chi connectivity index (χ3v) is 12.6. The highest BCUT2D eigenvalue weighted by Gasteiger charge is 2.42. The first-order valence-electron chi connectivity index (χ1n) is 18.5. The van der Waals surface area contributed by atoms with Gasteiger partial charge in [0.15, 0.2) is 0 Å². The SMILES string of the molecule is CC1(C)C=CN2c3ccccc3C(C)(C)c3ccc(-c4ccc(N5c6ccc(-c7ccccc7)cc6Sc6cc(-c7ccccc7)ccc65)cc4)c1c32. The van der Waals surface area contributed by atoms with Gasteiger partial charge >= 0.3 is 0 Å². The average molecular weight is 701 g/mol. The molecule has 0 N–H and O–H groups in total. The summed E-state index contributed by atoms with van der Waals surface area (Å²) >= 11 is 1.87. The lowest BCUT2D eigenvalue weighted by atomic mass is 9.68. The van der Waals surface area contributed by atoms with Crippen LogP contribution in [0.1, 0.15) is 44.4 Å². The fraction of sp³-hybridized carbons (Fsp3) is 0.120. The number of allylic oxidation sites excluding steroid dienone is 1. The number of para-hydroxylation sites is 1. The van der Waals surface area contributed by atoms with E-state index in [0.717, 1.165) is 5.69 Å². The van der Waals surface area contributed by atoms with Gasteiger partial charge in [-0.1, -0.05) is 161 Å². The van der Waals surface area contributed by atoms with E-state index in [1.54, 1.807) is 0 Å². The Morgan fingerprint density at radius 3 is 1.66 bits per heavy atom. The van der Waals surface area contributed by atoms with E-state index in [1.807, 2.05) is 11.8 Å². The molecule has 0 aliphatic carbocycles. The van der Waals surface area contributed by atoms with Gasteiger partial charge in [0.25, 0.3) is 0 Å². The van der Waals surface area contributed by atoms with Crippen LogP contribution in [0.4, 0.5) is 28.4 Å². The van der Waals surface area contributed by atoms with Crippen LogP contribution in [0.15, 0.2) is 180 Å². The van der Waals surface area contributed by atoms with Crippen molar-refractivity contribution < 1.29 is 0 Å². The zero-order chi connectivity index (χ0) is 35.9. The molecule has 3 heterocycles. The number of hydrogen-bond acceptors (Lipinski definition) is 3. The first-order chi connectivity index (χ1) is 25.8. The average Bonchev–Trinajstić information content (AvgIpc) is 3.19. The maximum atomic E-state index is 2.44. The van der Waals surface area contributed by atoms with Gasteiger partial charge in [-0.05, 0) is 92.5 Å². The Kier molecular flexibility index (Phi) is 7.15. The van der Waals surface area contributed by atoms with Crippen molar-refractivity contribution >= 4 is 40.2 Å². The summed E-state index contributed by atoms with van der Waals surface area (Å²) in [4.78, 5) is 7.38. The smallest absolute Gasteiger partial charge is 0.0602 e. The van der Waals surface area contributed by atoms with E-state index in [0.29, 0.717) is 0 Å². The second kappa shape index (κ2) is 11.9. The highest BCUT2D eigenvalue weighted by Crippen LogP contribution is 2.57. The molecule has 10 rings (SSSR count). The fourth-order valence-electron chi connectivity index (χ4n) is 8.71. The number of benzene rings is 7. The molecule has 0 fully saturated rings. The molecule has 0 saturated carbocycles. The van der Waals surface area contributed by atoms with Gasteiger partial charge in [0.1, 0.15) is 0 Å². The Morgan fingerprint density at radius 1 is 0.472 bits per heavy atom. The maximum Gasteiger partial charge on any atom is 0.0602 e. The maximum absolute atomic E-state index is 2.44. The molecule has 0 atom stereocenters. The first-order valence-corrected chi connectivity index (χ1v) is 19.3. The van der Waals surface area contributed by atoms with Crippen LogP contribution >= 0.6 is 11.8 Å². The molecular weight excluding hydrogens is 661 g/mol. The molecule has 0 saturated heterocycles. The normalized spacial score (nSPS) is 15.6. The van der Waals surface area contributed by atoms with Gasteiger partial charge in [-0.25, -0.2) is 0 Å². The Labute approximate surface area is 317 Å². The summed E-state index contributed by atoms with van der Waals surface area (Å²) in [7, 11) is 0. The standard InChI is InChI=1S/C50H40N2S/c1-49(2)29-30-51-42-18-12-11-17-40(42)50(3,4)41-26-25-39(47(49)48(41)51)35-19-23-38(24-20-35)52-43-27-21-36(33-13-7-5-8-14-33)31-45(43)53-46-32-37(22-28-44(46)52)34-15-9-6-10-16-34/h5-32H,1-4H3. The number of anilines is 5. The lowest BCUT2D eigenvalue weighted by molar-refractivity contribution is 0.609. The monoisotopic (exact) mass is 700 g/mol. The largest absolute Gasteiger partial charge is 0.317 e. The van der Waals surface area contributed by atoms with Crippen molar-refractivity contribution in [1.82, 2.24) is 0 Å². The third-order valence-electron chi connectivity index (χ3n) is 11.5. The molecular formula is C50H40N2S. The zero-order valence-electron chi connectivity index (χ0n) is 30.5. The van der Waals surface area contributed by atoms with Gasteiger partial charge in [-0.3, -0.25) is 0 Å². The van der Waals surface area contributed by atoms with Crippen LogP contribution in [-0.4, -0.2) is 0 Å². The third kappa shape index (κ3) is 5.02. The van der Waals surface area contributed by atoms with E-state index in [1.165, 1.54) is 82.6 Å². The van der Waals surface area contributed by atoms with Crippen LogP contribution in [0.2, 0.25) is 0 Å². The van der Waals surface area contributed by atoms with Gasteiger partial charge in [0.05, 0.1) is 17.1 Å². The van der Waals surface area contributed by atoms with E-state index in [2.05, 4.69) is 207 Å². The minimum atomic E-state index is -0.132. The predicted octanol–water partition coefficient (Wildman–Crippen LogP) is 14.2. The van der Waals surface area contributed by atoms with Gasteiger partial charge in [0.2, 0.25) is 0 Å². The van der Waals surface area contributed by atoms with Gasteiger partial charge in [0, 0.05) is 38.2 Å². The number of hydrogen-bond donors (Lipinski definition) is 0. The van der Waals surface area contributed by atoms with Crippen molar-refractivity contribution in [1.29, 1.82) is 0 Å². The molecule has 0 aromatic heterocycles. The molecule has 7 aromatic carbocycles. The summed E-state index contributed by atoms with van der Waals surface area (Å²) in [5.74, 6) is 0. The van der Waals surface area contributed by atoms with E-state index in [9.17, 15) is 0 Å². The second-order valence-corrected chi connectivity index (χ2v) is 16.6. The molecule has 0 unspecified atom stereocenters. The van der Waals surface area contributed by atoms with Crippen LogP contribution in [0.25, 0.3) is 33.4 Å². The summed E-state index contributed by atoms with van der Waals surface area (Å²) in [5.41, 5.74) is 17.5. The lowest BCUT2D eigenvalue weighted by Gasteiger charge is -2.46. The summed E-state index contributed by atoms with van der Waals surface area (Å²) in [6.45, 7) is 9.45. The second-order valence-electron chi connectivity index (χ2n) is 15.5. The van der Waals surface area contributed by atoms with E-state index in [4.69, 9.17) is 0 Å². The first kappa shape index (κ1) is 31.9. The van der Waals surface area contributed by atoms with Crippen LogP contribution in [0.3, 0.4) is 0 Å². The van der Waals surface area contributed by atoms with Crippen molar-refractivity contribution in [2.45, 2.75) is 48.3 Å². The van der Waals surface area contributed by atoms with Crippen LogP contribution < -0.4 is 9.80 Å². The van der Waals surface area contributed by atoms with Gasteiger partial charge in [-0.15, -0.1) is 0 Å². The van der Waals surface area contributed by atoms with Crippen LogP contribution in [0, 0.1) is 0 Å². The molecule has 3 aliphatic rings. The minimum Gasteiger partial charge on any atom is -0.317 e. The zero-order valence-corrected chi connectivity index (χ0v) is 31.3. The molecule has 7 aromatic rings. The van der Waals surface area contributed by atoms with Crippen LogP contribution in [0.5, 0.6) is 0 Å². The topological polar surface area (TPSA) is 6.48 Å². The van der Waals surface area contributed by atoms with E-state index < -0.39 is 0 Å². The van der Waals surface area contributed by atoms with Crippen LogP contribution in [-0.2, 0) is 10.8 Å². The van der Waals surface area contributed by atoms with Crippen molar-refractivity contribution in [3.05, 3.63) is 187 Å². The summed E-state index contributed by atoms with van der Waals surface area (Å²) in [6, 6.07) is 58.1. The van der Waals surface area contributed by atoms with Crippen molar-refractivity contribution in [2.75, 3.05) is 9.80 Å². The lowest BCUT2D eigenvalue weighted by Crippen LogP contribution is -2.35. The highest BCUT2D eigenvalue weighted by molar-refractivity contribution is 7.99. The molecule has 3 heteroatoms. The van der Waals surface area contributed by atoms with E-state index >= 15 is 0 Å². The molecule has 3 aliphatic heterocycles. The molecule has 0 spiro atoms. The Bertz CT molecular complexity index is 2490. The van der Waals surface area contributed by atoms with E-state index in [-0.39, 0.29) is 10.8 Å². The van der Waals surface area contributed by atoms with Gasteiger partial charge in [-0.2, -0.15) is 0 Å². The Hall–Kier alpha value is -5.77. The number of rotatable bonds is 4. The van der Waals surface area contributed by atoms with Crippen molar-refractivity contribution in [3.8, 4) is 33.4 Å². The Morgan fingerprint density at radius 2 is 1.04 bits per heavy atom. The molecule has 0 amide bonds. The number of nitrogens with zero attached hydrogens (tertiary/aromatic N) is 2. The summed E-state index contributed by atoms with van der Waals surface area (Å²) in [6.07, 6.45) is 4.67. The summed E-state index contributed by atoms with van der Waals surface area (Å²) < 4.78 is 0. The van der Waals surface area contributed by atoms with Gasteiger partial charge < -0.3 is 9.80 Å². The molecule has 256 valence electrons. The Balaban J connectivity index is 1.10. The predicted molar refractivity (Wildman–Crippen MR) is 224 cm³/mol. The van der Waals surface area contributed by atoms with Crippen molar-refractivity contribution in [3.63, 3.8) is 0 Å². The molecule has 0 bridgehead atoms. The molecule has 2 nitrogen and oxygen atoms in total. The fourth-order valence-corrected chi connectivity index (χ4v) is 9.85. The minimum absolute atomic E-state index is 0.103. The molecule has 0 radical (unpaired) electrons. The quantitative estimate of drug-likeness (QED) is 0.180. The summed E-state index contributed by atoms with van der Waals surface area (Å²) in [5, 5.41) is 0. The number of fused-ring (bicyclic) bond motifs is 4.